The zero-order valence-corrected chi connectivity index (χ0v) is 25.3. The van der Waals surface area contributed by atoms with Crippen molar-refractivity contribution >= 4 is 68.8 Å². The van der Waals surface area contributed by atoms with Crippen LogP contribution >= 0.6 is 58.0 Å². The third kappa shape index (κ3) is 3.82. The molecule has 0 heterocycles. The lowest BCUT2D eigenvalue weighted by atomic mass is 9.50. The van der Waals surface area contributed by atoms with Gasteiger partial charge < -0.3 is 0 Å². The van der Waals surface area contributed by atoms with Crippen molar-refractivity contribution in [3.63, 3.8) is 0 Å². The van der Waals surface area contributed by atoms with Crippen LogP contribution < -0.4 is 0 Å². The Morgan fingerprint density at radius 2 is 0.683 bits per heavy atom. The van der Waals surface area contributed by atoms with E-state index in [4.69, 9.17) is 58.0 Å². The minimum atomic E-state index is -0.767. The molecule has 200 valence electrons. The van der Waals surface area contributed by atoms with Crippen LogP contribution in [-0.4, -0.2) is 0 Å². The Morgan fingerprint density at radius 3 is 1.05 bits per heavy atom. The highest BCUT2D eigenvalue weighted by Gasteiger charge is 2.62. The van der Waals surface area contributed by atoms with Crippen molar-refractivity contribution in [1.29, 1.82) is 0 Å². The first kappa shape index (κ1) is 26.9. The van der Waals surface area contributed by atoms with Crippen molar-refractivity contribution < 1.29 is 0 Å². The second-order valence-corrected chi connectivity index (χ2v) is 12.5. The fourth-order valence-electron chi connectivity index (χ4n) is 7.02. The van der Waals surface area contributed by atoms with Gasteiger partial charge in [0.25, 0.3) is 0 Å². The van der Waals surface area contributed by atoms with Crippen LogP contribution in [0, 0.1) is 0 Å². The zero-order chi connectivity index (χ0) is 28.4. The van der Waals surface area contributed by atoms with Gasteiger partial charge in [0.1, 0.15) is 0 Å². The van der Waals surface area contributed by atoms with Gasteiger partial charge in [0.15, 0.2) is 0 Å². The number of benzene rings is 6. The average molecular weight is 631 g/mol. The third-order valence-electron chi connectivity index (χ3n) is 8.47. The molecule has 0 saturated heterocycles. The van der Waals surface area contributed by atoms with Crippen LogP contribution in [0.4, 0.5) is 0 Å². The van der Waals surface area contributed by atoms with Crippen LogP contribution in [-0.2, 0) is 10.8 Å². The molecule has 0 unspecified atom stereocenters. The third-order valence-corrected chi connectivity index (χ3v) is 9.80. The van der Waals surface area contributed by atoms with Crippen LogP contribution in [0.25, 0.3) is 10.8 Å². The summed E-state index contributed by atoms with van der Waals surface area (Å²) in [6, 6.07) is 43.3. The molecule has 0 atom stereocenters. The second kappa shape index (κ2) is 10.1. The molecule has 0 radical (unpaired) electrons. The molecule has 0 N–H and O–H groups in total. The predicted molar refractivity (Wildman–Crippen MR) is 175 cm³/mol. The highest BCUT2D eigenvalue weighted by molar-refractivity contribution is 6.36. The molecular formula is C36H21Cl5. The largest absolute Gasteiger partial charge is 0.0843 e. The minimum absolute atomic E-state index is 0.667. The molecule has 7 rings (SSSR count). The van der Waals surface area contributed by atoms with Gasteiger partial charge in [0.2, 0.25) is 0 Å². The van der Waals surface area contributed by atoms with E-state index in [-0.39, 0.29) is 0 Å². The molecule has 0 fully saturated rings. The summed E-state index contributed by atoms with van der Waals surface area (Å²) < 4.78 is 0. The Balaban J connectivity index is 1.80. The fraction of sp³-hybridized carbons (Fsp3) is 0.0556. The van der Waals surface area contributed by atoms with Gasteiger partial charge in [-0.1, -0.05) is 131 Å². The van der Waals surface area contributed by atoms with Gasteiger partial charge in [-0.3, -0.25) is 0 Å². The van der Waals surface area contributed by atoms with E-state index >= 15 is 0 Å². The Labute approximate surface area is 264 Å². The van der Waals surface area contributed by atoms with Crippen molar-refractivity contribution in [3.05, 3.63) is 186 Å². The molecule has 6 aromatic carbocycles. The zero-order valence-electron chi connectivity index (χ0n) is 21.5. The van der Waals surface area contributed by atoms with Gasteiger partial charge >= 0.3 is 0 Å². The Morgan fingerprint density at radius 1 is 0.341 bits per heavy atom. The van der Waals surface area contributed by atoms with E-state index in [2.05, 4.69) is 72.8 Å². The quantitative estimate of drug-likeness (QED) is 0.182. The van der Waals surface area contributed by atoms with Gasteiger partial charge in [0.05, 0.1) is 10.8 Å². The monoisotopic (exact) mass is 628 g/mol. The highest BCUT2D eigenvalue weighted by Crippen LogP contribution is 2.66. The number of rotatable bonds is 4. The molecule has 41 heavy (non-hydrogen) atoms. The van der Waals surface area contributed by atoms with E-state index in [9.17, 15) is 0 Å². The first-order valence-electron chi connectivity index (χ1n) is 13.1. The van der Waals surface area contributed by atoms with Crippen molar-refractivity contribution in [3.8, 4) is 0 Å². The van der Waals surface area contributed by atoms with Crippen molar-refractivity contribution in [1.82, 2.24) is 0 Å². The van der Waals surface area contributed by atoms with E-state index in [1.54, 1.807) is 0 Å². The molecule has 5 heteroatoms. The van der Waals surface area contributed by atoms with Crippen molar-refractivity contribution in [2.75, 3.05) is 0 Å². The Bertz CT molecular complexity index is 1710. The normalized spacial score (nSPS) is 14.9. The molecular weight excluding hydrogens is 610 g/mol. The molecule has 1 aliphatic rings. The number of hydrogen-bond donors (Lipinski definition) is 0. The maximum absolute atomic E-state index is 6.91. The van der Waals surface area contributed by atoms with Crippen LogP contribution in [0.1, 0.15) is 33.4 Å². The SMILES string of the molecule is Clc1ccc(C2(c3ccc(Cl)cc3)c3cccc4c(Cl)ccc(c34)C2(c2ccc(Cl)cc2)c2ccc(Cl)cc2)cc1. The molecule has 0 saturated carbocycles. The van der Waals surface area contributed by atoms with E-state index in [1.165, 1.54) is 0 Å². The molecule has 0 aromatic heterocycles. The summed E-state index contributed by atoms with van der Waals surface area (Å²) in [5.74, 6) is 0. The molecule has 0 spiro atoms. The minimum Gasteiger partial charge on any atom is -0.0843 e. The summed E-state index contributed by atoms with van der Waals surface area (Å²) >= 11 is 32.9. The molecule has 0 aliphatic heterocycles. The van der Waals surface area contributed by atoms with E-state index in [0.717, 1.165) is 44.2 Å². The molecule has 0 bridgehead atoms. The number of halogens is 5. The van der Waals surface area contributed by atoms with Gasteiger partial charge in [-0.2, -0.15) is 0 Å². The summed E-state index contributed by atoms with van der Waals surface area (Å²) in [5, 5.41) is 5.49. The summed E-state index contributed by atoms with van der Waals surface area (Å²) in [6.45, 7) is 0. The van der Waals surface area contributed by atoms with Gasteiger partial charge in [-0.25, -0.2) is 0 Å². The lowest BCUT2D eigenvalue weighted by Gasteiger charge is -2.49. The first-order chi connectivity index (χ1) is 19.9. The van der Waals surface area contributed by atoms with Gasteiger partial charge in [-0.05, 0) is 93.4 Å². The van der Waals surface area contributed by atoms with E-state index < -0.39 is 10.8 Å². The lowest BCUT2D eigenvalue weighted by molar-refractivity contribution is 0.442. The second-order valence-electron chi connectivity index (χ2n) is 10.4. The molecule has 6 aromatic rings. The summed E-state index contributed by atoms with van der Waals surface area (Å²) in [4.78, 5) is 0. The Hall–Kier alpha value is -2.97. The standard InChI is InChI=1S/C36H21Cl5/c37-26-12-4-22(5-13-26)35(23-6-14-27(38)15-7-23)31-3-1-2-30-33(41)21-20-32(34(30)31)36(35,24-8-16-28(39)17-9-24)25-10-18-29(40)19-11-25/h1-21H. The van der Waals surface area contributed by atoms with Crippen LogP contribution in [0.3, 0.4) is 0 Å². The first-order valence-corrected chi connectivity index (χ1v) is 15.0. The fourth-order valence-corrected chi connectivity index (χ4v) is 7.75. The summed E-state index contributed by atoms with van der Waals surface area (Å²) in [6.07, 6.45) is 0. The van der Waals surface area contributed by atoms with Crippen LogP contribution in [0.2, 0.25) is 25.1 Å². The number of hydrogen-bond acceptors (Lipinski definition) is 0. The van der Waals surface area contributed by atoms with Crippen molar-refractivity contribution in [2.24, 2.45) is 0 Å². The van der Waals surface area contributed by atoms with Crippen LogP contribution in [0.5, 0.6) is 0 Å². The predicted octanol–water partition coefficient (Wildman–Crippen LogP) is 11.8. The van der Waals surface area contributed by atoms with Crippen LogP contribution in [0.15, 0.2) is 127 Å². The molecule has 0 amide bonds. The van der Waals surface area contributed by atoms with Gasteiger partial charge in [-0.15, -0.1) is 0 Å². The average Bonchev–Trinajstić information content (AvgIpc) is 3.25. The van der Waals surface area contributed by atoms with Crippen molar-refractivity contribution in [2.45, 2.75) is 10.8 Å². The highest BCUT2D eigenvalue weighted by atomic mass is 35.5. The summed E-state index contributed by atoms with van der Waals surface area (Å²) in [7, 11) is 0. The lowest BCUT2D eigenvalue weighted by Crippen LogP contribution is -2.49. The summed E-state index contributed by atoms with van der Waals surface area (Å²) in [5.41, 5.74) is 5.06. The maximum atomic E-state index is 6.91. The molecule has 1 aliphatic carbocycles. The topological polar surface area (TPSA) is 0 Å². The van der Waals surface area contributed by atoms with E-state index in [1.807, 2.05) is 54.6 Å². The smallest absolute Gasteiger partial charge is 0.0635 e. The van der Waals surface area contributed by atoms with E-state index in [0.29, 0.717) is 25.1 Å². The maximum Gasteiger partial charge on any atom is 0.0635 e. The van der Waals surface area contributed by atoms with Gasteiger partial charge in [0, 0.05) is 30.5 Å². The molecule has 0 nitrogen and oxygen atoms in total. The Kier molecular flexibility index (Phi) is 6.62.